The van der Waals surface area contributed by atoms with Crippen LogP contribution in [-0.2, 0) is 21.4 Å². The van der Waals surface area contributed by atoms with E-state index in [0.717, 1.165) is 19.3 Å². The molecule has 6 nitrogen and oxygen atoms in total. The van der Waals surface area contributed by atoms with Crippen LogP contribution in [0.25, 0.3) is 0 Å². The van der Waals surface area contributed by atoms with E-state index in [0.29, 0.717) is 11.3 Å². The van der Waals surface area contributed by atoms with Crippen LogP contribution in [0.15, 0.2) is 23.1 Å². The highest BCUT2D eigenvalue weighted by Gasteiger charge is 2.42. The molecule has 7 heteroatoms. The molecular weight excluding hydrogens is 294 g/mol. The molecule has 0 aliphatic carbocycles. The van der Waals surface area contributed by atoms with Gasteiger partial charge in [0, 0.05) is 5.56 Å². The van der Waals surface area contributed by atoms with Gasteiger partial charge in [0.25, 0.3) is 0 Å². The zero-order valence-corrected chi connectivity index (χ0v) is 12.6. The summed E-state index contributed by atoms with van der Waals surface area (Å²) in [6.45, 7) is -0.274. The van der Waals surface area contributed by atoms with E-state index >= 15 is 0 Å². The van der Waals surface area contributed by atoms with E-state index in [-0.39, 0.29) is 29.8 Å². The molecule has 0 aromatic heterocycles. The van der Waals surface area contributed by atoms with Crippen molar-refractivity contribution in [2.45, 2.75) is 49.0 Å². The highest BCUT2D eigenvalue weighted by molar-refractivity contribution is 7.89. The minimum absolute atomic E-state index is 0.0136. The monoisotopic (exact) mass is 313 g/mol. The van der Waals surface area contributed by atoms with Gasteiger partial charge in [0.05, 0.1) is 36.9 Å². The minimum Gasteiger partial charge on any atom is -0.496 e. The Balaban J connectivity index is 1.81. The van der Waals surface area contributed by atoms with Gasteiger partial charge in [0.2, 0.25) is 10.0 Å². The van der Waals surface area contributed by atoms with Crippen LogP contribution in [0.1, 0.15) is 24.8 Å². The molecule has 0 amide bonds. The predicted octanol–water partition coefficient (Wildman–Crippen LogP) is 0.786. The van der Waals surface area contributed by atoms with Crippen LogP contribution in [0.2, 0.25) is 0 Å². The smallest absolute Gasteiger partial charge is 0.240 e. The first-order valence-electron chi connectivity index (χ1n) is 6.99. The molecule has 2 saturated heterocycles. The van der Waals surface area contributed by atoms with Crippen LogP contribution in [0, 0.1) is 0 Å². The van der Waals surface area contributed by atoms with Crippen molar-refractivity contribution in [2.75, 3.05) is 7.11 Å². The molecule has 1 aromatic carbocycles. The van der Waals surface area contributed by atoms with Gasteiger partial charge < -0.3 is 14.6 Å². The average molecular weight is 313 g/mol. The van der Waals surface area contributed by atoms with E-state index in [4.69, 9.17) is 9.47 Å². The number of hydrogen-bond donors (Lipinski definition) is 2. The number of benzene rings is 1. The Bertz CT molecular complexity index is 630. The lowest BCUT2D eigenvalue weighted by Crippen LogP contribution is -2.41. The summed E-state index contributed by atoms with van der Waals surface area (Å²) in [6, 6.07) is 4.31. The standard InChI is InChI=1S/C14H19NO5S/c1-19-13-5-3-11(6-9(13)8-16)21(17,18)15-12-7-10-2-4-14(12)20-10/h3,5-6,10,12,14-16H,2,4,7-8H2,1H3. The predicted molar refractivity (Wildman–Crippen MR) is 75.5 cm³/mol. The van der Waals surface area contributed by atoms with E-state index in [2.05, 4.69) is 4.72 Å². The largest absolute Gasteiger partial charge is 0.496 e. The number of methoxy groups -OCH3 is 1. The summed E-state index contributed by atoms with van der Waals surface area (Å²) in [6.07, 6.45) is 2.82. The number of nitrogens with one attached hydrogen (secondary N) is 1. The van der Waals surface area contributed by atoms with Gasteiger partial charge in [0.15, 0.2) is 0 Å². The van der Waals surface area contributed by atoms with Gasteiger partial charge in [-0.05, 0) is 37.5 Å². The third-order valence-electron chi connectivity index (χ3n) is 4.15. The Labute approximate surface area is 124 Å². The first-order valence-corrected chi connectivity index (χ1v) is 8.47. The van der Waals surface area contributed by atoms with Crippen LogP contribution in [-0.4, -0.2) is 38.9 Å². The summed E-state index contributed by atoms with van der Waals surface area (Å²) in [5, 5.41) is 9.29. The van der Waals surface area contributed by atoms with Crippen LogP contribution >= 0.6 is 0 Å². The number of aliphatic hydroxyl groups is 1. The molecule has 2 heterocycles. The number of rotatable bonds is 5. The molecule has 3 rings (SSSR count). The molecule has 21 heavy (non-hydrogen) atoms. The van der Waals surface area contributed by atoms with E-state index in [1.54, 1.807) is 6.07 Å². The maximum absolute atomic E-state index is 12.4. The van der Waals surface area contributed by atoms with Crippen LogP contribution in [0.5, 0.6) is 5.75 Å². The second-order valence-electron chi connectivity index (χ2n) is 5.47. The maximum Gasteiger partial charge on any atom is 0.240 e. The molecule has 3 atom stereocenters. The second-order valence-corrected chi connectivity index (χ2v) is 7.18. The van der Waals surface area contributed by atoms with Gasteiger partial charge in [0.1, 0.15) is 5.75 Å². The number of hydrogen-bond acceptors (Lipinski definition) is 5. The van der Waals surface area contributed by atoms with Crippen molar-refractivity contribution in [3.05, 3.63) is 23.8 Å². The second kappa shape index (κ2) is 5.57. The fraction of sp³-hybridized carbons (Fsp3) is 0.571. The molecule has 1 aromatic rings. The van der Waals surface area contributed by atoms with Gasteiger partial charge in [-0.2, -0.15) is 0 Å². The van der Waals surface area contributed by atoms with E-state index < -0.39 is 10.0 Å². The lowest BCUT2D eigenvalue weighted by atomic mass is 9.96. The molecule has 116 valence electrons. The van der Waals surface area contributed by atoms with Gasteiger partial charge in [-0.25, -0.2) is 13.1 Å². The highest BCUT2D eigenvalue weighted by atomic mass is 32.2. The molecule has 0 saturated carbocycles. The normalized spacial score (nSPS) is 28.0. The fourth-order valence-corrected chi connectivity index (χ4v) is 4.40. The first kappa shape index (κ1) is 14.8. The lowest BCUT2D eigenvalue weighted by molar-refractivity contribution is 0.0996. The fourth-order valence-electron chi connectivity index (χ4n) is 3.07. The van der Waals surface area contributed by atoms with Crippen molar-refractivity contribution >= 4 is 10.0 Å². The molecular formula is C14H19NO5S. The number of fused-ring (bicyclic) bond motifs is 2. The molecule has 2 N–H and O–H groups in total. The van der Waals surface area contributed by atoms with Gasteiger partial charge in [-0.1, -0.05) is 0 Å². The van der Waals surface area contributed by atoms with Crippen molar-refractivity contribution in [2.24, 2.45) is 0 Å². The average Bonchev–Trinajstić information content (AvgIpc) is 3.08. The van der Waals surface area contributed by atoms with Gasteiger partial charge >= 0.3 is 0 Å². The third kappa shape index (κ3) is 2.78. The summed E-state index contributed by atoms with van der Waals surface area (Å²) in [5.41, 5.74) is 0.449. The van der Waals surface area contributed by atoms with Crippen molar-refractivity contribution in [1.29, 1.82) is 0 Å². The van der Waals surface area contributed by atoms with Gasteiger partial charge in [-0.3, -0.25) is 0 Å². The SMILES string of the molecule is COc1ccc(S(=O)(=O)NC2CC3CCC2O3)cc1CO. The van der Waals surface area contributed by atoms with E-state index in [9.17, 15) is 13.5 Å². The first-order chi connectivity index (χ1) is 10.0. The molecule has 0 spiro atoms. The molecule has 0 radical (unpaired) electrons. The molecule has 2 aliphatic rings. The molecule has 2 bridgehead atoms. The van der Waals surface area contributed by atoms with E-state index in [1.165, 1.54) is 19.2 Å². The lowest BCUT2D eigenvalue weighted by Gasteiger charge is -2.20. The molecule has 3 unspecified atom stereocenters. The zero-order chi connectivity index (χ0) is 15.0. The zero-order valence-electron chi connectivity index (χ0n) is 11.8. The Morgan fingerprint density at radius 2 is 2.24 bits per heavy atom. The van der Waals surface area contributed by atoms with Gasteiger partial charge in [-0.15, -0.1) is 0 Å². The Morgan fingerprint density at radius 1 is 1.43 bits per heavy atom. The quantitative estimate of drug-likeness (QED) is 0.839. The summed E-state index contributed by atoms with van der Waals surface area (Å²) >= 11 is 0. The number of ether oxygens (including phenoxy) is 2. The summed E-state index contributed by atoms with van der Waals surface area (Å²) in [7, 11) is -2.14. The molecule has 2 aliphatic heterocycles. The Morgan fingerprint density at radius 3 is 2.81 bits per heavy atom. The van der Waals surface area contributed by atoms with Crippen molar-refractivity contribution < 1.29 is 23.0 Å². The van der Waals surface area contributed by atoms with Crippen LogP contribution in [0.3, 0.4) is 0 Å². The van der Waals surface area contributed by atoms with Crippen molar-refractivity contribution in [3.63, 3.8) is 0 Å². The summed E-state index contributed by atoms with van der Waals surface area (Å²) < 4.78 is 38.3. The Hall–Kier alpha value is -1.15. The number of sulfonamides is 1. The van der Waals surface area contributed by atoms with Crippen molar-refractivity contribution in [1.82, 2.24) is 4.72 Å². The van der Waals surface area contributed by atoms with E-state index in [1.807, 2.05) is 0 Å². The third-order valence-corrected chi connectivity index (χ3v) is 5.63. The highest BCUT2D eigenvalue weighted by Crippen LogP contribution is 2.35. The van der Waals surface area contributed by atoms with Crippen LogP contribution in [0.4, 0.5) is 0 Å². The summed E-state index contributed by atoms with van der Waals surface area (Å²) in [4.78, 5) is 0.134. The van der Waals surface area contributed by atoms with Crippen LogP contribution < -0.4 is 9.46 Å². The Kier molecular flexibility index (Phi) is 3.92. The maximum atomic E-state index is 12.4. The topological polar surface area (TPSA) is 84.9 Å². The minimum atomic E-state index is -3.62. The number of aliphatic hydroxyl groups excluding tert-OH is 1. The molecule has 2 fully saturated rings. The summed E-state index contributed by atoms with van der Waals surface area (Å²) in [5.74, 6) is 0.472. The van der Waals surface area contributed by atoms with Crippen molar-refractivity contribution in [3.8, 4) is 5.75 Å².